The molecule has 3 aromatic rings. The van der Waals surface area contributed by atoms with Gasteiger partial charge in [0.15, 0.2) is 0 Å². The normalized spacial score (nSPS) is 11.6. The number of anilines is 1. The summed E-state index contributed by atoms with van der Waals surface area (Å²) in [6.07, 6.45) is 0.189. The molecule has 0 unspecified atom stereocenters. The second-order valence-corrected chi connectivity index (χ2v) is 11.8. The zero-order valence-corrected chi connectivity index (χ0v) is 18.0. The summed E-state index contributed by atoms with van der Waals surface area (Å²) in [4.78, 5) is 34.0. The maximum absolute atomic E-state index is 12.2. The van der Waals surface area contributed by atoms with Gasteiger partial charge in [0.2, 0.25) is 0 Å². The predicted molar refractivity (Wildman–Crippen MR) is 115 cm³/mol. The number of H-pyrrole nitrogens is 1. The number of hydrogen-bond acceptors (Lipinski definition) is 6. The number of thiophene rings is 1. The largest absolute Gasteiger partial charge is 0.362 e. The average Bonchev–Trinajstić information content (AvgIpc) is 3.10. The molecule has 3 rings (SSSR count). The highest BCUT2D eigenvalue weighted by Crippen LogP contribution is 2.34. The monoisotopic (exact) mass is 418 g/mol. The Labute approximate surface area is 167 Å². The molecule has 2 N–H and O–H groups in total. The molecule has 7 nitrogen and oxygen atoms in total. The highest BCUT2D eigenvalue weighted by molar-refractivity contribution is 7.62. The molecule has 0 saturated carbocycles. The maximum atomic E-state index is 12.2. The molecule has 0 spiro atoms. The van der Waals surface area contributed by atoms with Gasteiger partial charge >= 0.3 is 0 Å². The molecule has 9 heteroatoms. The van der Waals surface area contributed by atoms with Gasteiger partial charge in [-0.15, -0.1) is 11.3 Å². The maximum Gasteiger partial charge on any atom is 0.261 e. The Kier molecular flexibility index (Phi) is 5.72. The number of hydrogen-bond donors (Lipinski definition) is 2. The van der Waals surface area contributed by atoms with Crippen LogP contribution in [0.2, 0.25) is 0 Å². The molecule has 0 atom stereocenters. The molecule has 28 heavy (non-hydrogen) atoms. The molecule has 148 valence electrons. The van der Waals surface area contributed by atoms with Gasteiger partial charge in [0, 0.05) is 13.6 Å². The molecule has 1 amide bonds. The van der Waals surface area contributed by atoms with Crippen LogP contribution in [-0.2, 0) is 11.1 Å². The van der Waals surface area contributed by atoms with Crippen molar-refractivity contribution in [1.29, 1.82) is 0 Å². The van der Waals surface area contributed by atoms with Crippen LogP contribution in [0, 0.1) is 6.92 Å². The van der Waals surface area contributed by atoms with Gasteiger partial charge in [0.1, 0.15) is 13.0 Å². The van der Waals surface area contributed by atoms with Crippen LogP contribution >= 0.6 is 18.5 Å². The summed E-state index contributed by atoms with van der Waals surface area (Å²) >= 11 is 1.37. The van der Waals surface area contributed by atoms with Gasteiger partial charge in [0.05, 0.1) is 27.1 Å². The first-order valence-corrected chi connectivity index (χ1v) is 12.4. The minimum atomic E-state index is -2.30. The molecule has 2 aromatic heterocycles. The quantitative estimate of drug-likeness (QED) is 0.599. The second kappa shape index (κ2) is 7.89. The van der Waals surface area contributed by atoms with Gasteiger partial charge in [-0.1, -0.05) is 6.07 Å². The van der Waals surface area contributed by atoms with E-state index in [9.17, 15) is 14.2 Å². The minimum Gasteiger partial charge on any atom is -0.362 e. The average molecular weight is 418 g/mol. The number of rotatable bonds is 6. The number of aryl methyl sites for hydroxylation is 1. The van der Waals surface area contributed by atoms with Crippen molar-refractivity contribution < 1.29 is 9.36 Å². The number of carbonyl (C=O) groups is 1. The summed E-state index contributed by atoms with van der Waals surface area (Å²) in [7, 11) is -0.364. The number of fused-ring (bicyclic) bond motifs is 1. The first kappa shape index (κ1) is 20.3. The van der Waals surface area contributed by atoms with Gasteiger partial charge in [0.25, 0.3) is 11.5 Å². The molecule has 0 aliphatic carbocycles. The standard InChI is InChI=1S/C19H23N4O3PS/c1-12-21-15-6-5-13(9-14(15)18(24)22-12)10-23(2)17-8-7-16(28-17)19(25)20-11-27(3,4)26/h5-9H,10-11H2,1-4H3,(H,20,25)(H,21,22,24). The van der Waals surface area contributed by atoms with Crippen molar-refractivity contribution in [1.82, 2.24) is 15.3 Å². The molecular weight excluding hydrogens is 395 g/mol. The Balaban J connectivity index is 1.73. The molecule has 2 heterocycles. The Morgan fingerprint density at radius 2 is 2.04 bits per heavy atom. The molecule has 0 bridgehead atoms. The Morgan fingerprint density at radius 1 is 1.29 bits per heavy atom. The van der Waals surface area contributed by atoms with Crippen molar-refractivity contribution in [3.05, 3.63) is 57.0 Å². The van der Waals surface area contributed by atoms with Gasteiger partial charge in [-0.05, 0) is 50.1 Å². The third-order valence-electron chi connectivity index (χ3n) is 4.12. The summed E-state index contributed by atoms with van der Waals surface area (Å²) in [6, 6.07) is 9.29. The summed E-state index contributed by atoms with van der Waals surface area (Å²) in [6.45, 7) is 5.63. The van der Waals surface area contributed by atoms with E-state index in [2.05, 4.69) is 15.3 Å². The van der Waals surface area contributed by atoms with Crippen molar-refractivity contribution >= 4 is 40.3 Å². The van der Waals surface area contributed by atoms with E-state index in [-0.39, 0.29) is 17.8 Å². The van der Waals surface area contributed by atoms with E-state index in [0.29, 0.717) is 28.1 Å². The van der Waals surface area contributed by atoms with E-state index in [4.69, 9.17) is 0 Å². The Morgan fingerprint density at radius 3 is 2.75 bits per heavy atom. The van der Waals surface area contributed by atoms with Crippen molar-refractivity contribution in [3.63, 3.8) is 0 Å². The van der Waals surface area contributed by atoms with Gasteiger partial charge in [-0.2, -0.15) is 0 Å². The zero-order valence-electron chi connectivity index (χ0n) is 16.3. The van der Waals surface area contributed by atoms with Crippen molar-refractivity contribution in [2.24, 2.45) is 0 Å². The number of aromatic nitrogens is 2. The van der Waals surface area contributed by atoms with Crippen molar-refractivity contribution in [2.45, 2.75) is 13.5 Å². The highest BCUT2D eigenvalue weighted by atomic mass is 32.1. The lowest BCUT2D eigenvalue weighted by atomic mass is 10.1. The third-order valence-corrected chi connectivity index (χ3v) is 6.24. The second-order valence-electron chi connectivity index (χ2n) is 7.23. The number of aromatic amines is 1. The molecule has 1 aromatic carbocycles. The first-order valence-electron chi connectivity index (χ1n) is 8.75. The third kappa shape index (κ3) is 4.88. The number of carbonyl (C=O) groups excluding carboxylic acids is 1. The fourth-order valence-electron chi connectivity index (χ4n) is 2.76. The van der Waals surface area contributed by atoms with Crippen LogP contribution in [0.5, 0.6) is 0 Å². The van der Waals surface area contributed by atoms with Gasteiger partial charge in [-0.25, -0.2) is 4.98 Å². The predicted octanol–water partition coefficient (Wildman–Crippen LogP) is 3.24. The smallest absolute Gasteiger partial charge is 0.261 e. The van der Waals surface area contributed by atoms with Crippen LogP contribution in [0.4, 0.5) is 5.00 Å². The van der Waals surface area contributed by atoms with Gasteiger partial charge in [-0.3, -0.25) is 9.59 Å². The van der Waals surface area contributed by atoms with E-state index in [1.165, 1.54) is 11.3 Å². The van der Waals surface area contributed by atoms with Crippen LogP contribution in [0.1, 0.15) is 21.1 Å². The summed E-state index contributed by atoms with van der Waals surface area (Å²) in [5.74, 6) is 0.376. The number of nitrogens with zero attached hydrogens (tertiary/aromatic N) is 2. The van der Waals surface area contributed by atoms with Crippen molar-refractivity contribution in [3.8, 4) is 0 Å². The topological polar surface area (TPSA) is 95.2 Å². The van der Waals surface area contributed by atoms with E-state index in [1.54, 1.807) is 26.3 Å². The SMILES string of the molecule is Cc1nc2ccc(CN(C)c3ccc(C(=O)NCP(C)(C)=O)s3)cc2c(=O)[nH]1. The highest BCUT2D eigenvalue weighted by Gasteiger charge is 2.15. The molecule has 0 saturated heterocycles. The molecule has 0 aliphatic heterocycles. The Hall–Kier alpha value is -2.44. The Bertz CT molecular complexity index is 1130. The number of amides is 1. The molecule has 0 aliphatic rings. The zero-order chi connectivity index (χ0) is 20.5. The lowest BCUT2D eigenvalue weighted by molar-refractivity contribution is 0.0964. The minimum absolute atomic E-state index is 0.147. The lowest BCUT2D eigenvalue weighted by Crippen LogP contribution is -2.23. The molecule has 0 fully saturated rings. The summed E-state index contributed by atoms with van der Waals surface area (Å²) < 4.78 is 11.8. The fraction of sp³-hybridized carbons (Fsp3) is 0.316. The summed E-state index contributed by atoms with van der Waals surface area (Å²) in [5, 5.41) is 4.21. The van der Waals surface area contributed by atoms with Crippen LogP contribution < -0.4 is 15.8 Å². The first-order chi connectivity index (χ1) is 13.1. The summed E-state index contributed by atoms with van der Waals surface area (Å²) in [5.41, 5.74) is 1.50. The molecular formula is C19H23N4O3PS. The lowest BCUT2D eigenvalue weighted by Gasteiger charge is -2.17. The van der Waals surface area contributed by atoms with E-state index < -0.39 is 7.14 Å². The van der Waals surface area contributed by atoms with E-state index in [0.717, 1.165) is 10.6 Å². The molecule has 0 radical (unpaired) electrons. The van der Waals surface area contributed by atoms with E-state index in [1.807, 2.05) is 36.2 Å². The number of nitrogens with one attached hydrogen (secondary N) is 2. The van der Waals surface area contributed by atoms with E-state index >= 15 is 0 Å². The number of benzene rings is 1. The van der Waals surface area contributed by atoms with Crippen LogP contribution in [0.25, 0.3) is 10.9 Å². The van der Waals surface area contributed by atoms with Gasteiger partial charge < -0.3 is 19.8 Å². The fourth-order valence-corrected chi connectivity index (χ4v) is 4.16. The van der Waals surface area contributed by atoms with Crippen LogP contribution in [0.3, 0.4) is 0 Å². The van der Waals surface area contributed by atoms with Crippen LogP contribution in [-0.4, -0.2) is 42.5 Å². The van der Waals surface area contributed by atoms with Crippen molar-refractivity contribution in [2.75, 3.05) is 31.6 Å². The van der Waals surface area contributed by atoms with Crippen LogP contribution in [0.15, 0.2) is 35.1 Å².